The number of nitrogens with two attached hydrogens (primary N) is 1. The highest BCUT2D eigenvalue weighted by atomic mass is 19.1. The van der Waals surface area contributed by atoms with Crippen molar-refractivity contribution in [1.29, 1.82) is 0 Å². The molecule has 7 nitrogen and oxygen atoms in total. The van der Waals surface area contributed by atoms with Gasteiger partial charge in [0, 0.05) is 36.8 Å². The molecular weight excluding hydrogens is 297 g/mol. The molecule has 1 saturated heterocycles. The van der Waals surface area contributed by atoms with E-state index in [1.54, 1.807) is 17.1 Å². The third-order valence-corrected chi connectivity index (χ3v) is 4.35. The van der Waals surface area contributed by atoms with Crippen molar-refractivity contribution >= 4 is 11.5 Å². The summed E-state index contributed by atoms with van der Waals surface area (Å²) in [7, 11) is 1.84. The van der Waals surface area contributed by atoms with Crippen LogP contribution in [0.15, 0.2) is 18.6 Å². The summed E-state index contributed by atoms with van der Waals surface area (Å²) in [5.74, 6) is -0.426. The Morgan fingerprint density at radius 2 is 2.22 bits per heavy atom. The number of halogens is 1. The molecule has 120 valence electrons. The summed E-state index contributed by atoms with van der Waals surface area (Å²) in [6.07, 6.45) is 7.17. The maximum absolute atomic E-state index is 14.6. The van der Waals surface area contributed by atoms with Gasteiger partial charge in [-0.25, -0.2) is 9.37 Å². The number of nitrogens with zero attached hydrogens (tertiary/aromatic N) is 5. The summed E-state index contributed by atoms with van der Waals surface area (Å²) in [5.41, 5.74) is 8.64. The summed E-state index contributed by atoms with van der Waals surface area (Å²) in [5, 5.41) is 11.6. The minimum absolute atomic E-state index is 0.00529. The molecule has 0 saturated carbocycles. The number of anilines is 1. The van der Waals surface area contributed by atoms with Crippen molar-refractivity contribution in [3.8, 4) is 11.1 Å². The Hall–Kier alpha value is -2.48. The van der Waals surface area contributed by atoms with Gasteiger partial charge in [-0.1, -0.05) is 0 Å². The minimum atomic E-state index is -0.466. The van der Waals surface area contributed by atoms with Crippen LogP contribution in [0.1, 0.15) is 24.5 Å². The fourth-order valence-electron chi connectivity index (χ4n) is 3.13. The van der Waals surface area contributed by atoms with Crippen molar-refractivity contribution in [3.05, 3.63) is 30.1 Å². The first-order chi connectivity index (χ1) is 11.1. The summed E-state index contributed by atoms with van der Waals surface area (Å²) in [4.78, 5) is 4.57. The monoisotopic (exact) mass is 315 g/mol. The lowest BCUT2D eigenvalue weighted by Crippen LogP contribution is -2.30. The molecule has 3 aromatic rings. The van der Waals surface area contributed by atoms with Gasteiger partial charge in [-0.3, -0.25) is 4.68 Å². The number of nitrogen functional groups attached to an aromatic ring is 1. The fourth-order valence-corrected chi connectivity index (χ4v) is 3.13. The number of piperidine rings is 1. The molecule has 0 radical (unpaired) electrons. The van der Waals surface area contributed by atoms with Gasteiger partial charge in [0.2, 0.25) is 0 Å². The summed E-state index contributed by atoms with van der Waals surface area (Å²) >= 11 is 0. The number of rotatable bonds is 2. The molecule has 8 heteroatoms. The number of aryl methyl sites for hydroxylation is 1. The van der Waals surface area contributed by atoms with Crippen LogP contribution < -0.4 is 11.1 Å². The van der Waals surface area contributed by atoms with E-state index >= 15 is 0 Å². The Kier molecular flexibility index (Phi) is 3.26. The molecule has 23 heavy (non-hydrogen) atoms. The molecule has 1 fully saturated rings. The number of hydrogen-bond acceptors (Lipinski definition) is 5. The zero-order valence-electron chi connectivity index (χ0n) is 12.8. The van der Waals surface area contributed by atoms with Crippen molar-refractivity contribution in [2.75, 3.05) is 18.8 Å². The number of aromatic nitrogens is 5. The normalized spacial score (nSPS) is 18.6. The van der Waals surface area contributed by atoms with Gasteiger partial charge >= 0.3 is 0 Å². The lowest BCUT2D eigenvalue weighted by molar-refractivity contribution is 0.437. The highest BCUT2D eigenvalue weighted by molar-refractivity contribution is 5.77. The van der Waals surface area contributed by atoms with Gasteiger partial charge in [0.05, 0.1) is 18.1 Å². The lowest BCUT2D eigenvalue weighted by Gasteiger charge is -2.23. The van der Waals surface area contributed by atoms with Crippen LogP contribution in [0.5, 0.6) is 0 Å². The van der Waals surface area contributed by atoms with Gasteiger partial charge in [-0.2, -0.15) is 14.7 Å². The maximum atomic E-state index is 14.6. The maximum Gasteiger partial charge on any atom is 0.187 e. The summed E-state index contributed by atoms with van der Waals surface area (Å²) < 4.78 is 17.7. The molecule has 0 amide bonds. The van der Waals surface area contributed by atoms with Gasteiger partial charge in [0.15, 0.2) is 17.3 Å². The first kappa shape index (κ1) is 14.1. The van der Waals surface area contributed by atoms with Gasteiger partial charge in [0.1, 0.15) is 0 Å². The van der Waals surface area contributed by atoms with E-state index in [0.29, 0.717) is 11.3 Å². The van der Waals surface area contributed by atoms with Crippen LogP contribution in [0.4, 0.5) is 10.2 Å². The van der Waals surface area contributed by atoms with E-state index in [1.165, 1.54) is 4.52 Å². The predicted molar refractivity (Wildman–Crippen MR) is 84.4 cm³/mol. The second kappa shape index (κ2) is 5.31. The molecule has 0 bridgehead atoms. The van der Waals surface area contributed by atoms with Crippen LogP contribution in [0.25, 0.3) is 16.8 Å². The molecule has 3 aromatic heterocycles. The standard InChI is InChI=1S/C15H18FN7/c1-22-8-10(6-19-22)11-7-20-23-14(17)12(16)13(21-15(11)23)9-3-2-4-18-5-9/h6-9,18H,2-5,17H2,1H3/t9-/m1/s1. The first-order valence-electron chi connectivity index (χ1n) is 7.67. The zero-order chi connectivity index (χ0) is 16.0. The molecule has 0 unspecified atom stereocenters. The molecule has 0 aliphatic carbocycles. The Balaban J connectivity index is 1.89. The molecular formula is C15H18FN7. The van der Waals surface area contributed by atoms with Gasteiger partial charge in [0.25, 0.3) is 0 Å². The summed E-state index contributed by atoms with van der Waals surface area (Å²) in [6.45, 7) is 1.68. The topological polar surface area (TPSA) is 86.1 Å². The minimum Gasteiger partial charge on any atom is -0.381 e. The third kappa shape index (κ3) is 2.26. The van der Waals surface area contributed by atoms with Crippen LogP contribution in [-0.2, 0) is 7.05 Å². The summed E-state index contributed by atoms with van der Waals surface area (Å²) in [6, 6.07) is 0. The number of nitrogens with one attached hydrogen (secondary N) is 1. The molecule has 0 spiro atoms. The highest BCUT2D eigenvalue weighted by Gasteiger charge is 2.25. The van der Waals surface area contributed by atoms with Crippen LogP contribution >= 0.6 is 0 Å². The second-order valence-electron chi connectivity index (χ2n) is 5.94. The van der Waals surface area contributed by atoms with Crippen LogP contribution in [0.3, 0.4) is 0 Å². The SMILES string of the molecule is Cn1cc(-c2cnn3c(N)c(F)c([C@@H]4CCCNC4)nc23)cn1. The average Bonchev–Trinajstić information content (AvgIpc) is 3.17. The smallest absolute Gasteiger partial charge is 0.187 e. The van der Waals surface area contributed by atoms with E-state index in [0.717, 1.165) is 37.1 Å². The van der Waals surface area contributed by atoms with E-state index in [2.05, 4.69) is 20.5 Å². The molecule has 1 aliphatic rings. The molecule has 1 atom stereocenters. The Bertz CT molecular complexity index is 860. The van der Waals surface area contributed by atoms with Crippen LogP contribution in [0.2, 0.25) is 0 Å². The molecule has 4 rings (SSSR count). The van der Waals surface area contributed by atoms with Gasteiger partial charge in [-0.05, 0) is 19.4 Å². The number of fused-ring (bicyclic) bond motifs is 1. The van der Waals surface area contributed by atoms with Crippen molar-refractivity contribution in [1.82, 2.24) is 29.7 Å². The van der Waals surface area contributed by atoms with E-state index in [9.17, 15) is 4.39 Å². The zero-order valence-corrected chi connectivity index (χ0v) is 12.8. The largest absolute Gasteiger partial charge is 0.381 e. The quantitative estimate of drug-likeness (QED) is 0.745. The van der Waals surface area contributed by atoms with Gasteiger partial charge in [-0.15, -0.1) is 0 Å². The third-order valence-electron chi connectivity index (χ3n) is 4.35. The molecule has 4 heterocycles. The van der Waals surface area contributed by atoms with E-state index in [-0.39, 0.29) is 11.7 Å². The second-order valence-corrected chi connectivity index (χ2v) is 5.94. The van der Waals surface area contributed by atoms with E-state index in [4.69, 9.17) is 5.73 Å². The van der Waals surface area contributed by atoms with Crippen LogP contribution in [0, 0.1) is 5.82 Å². The first-order valence-corrected chi connectivity index (χ1v) is 7.67. The fraction of sp³-hybridized carbons (Fsp3) is 0.400. The molecule has 0 aromatic carbocycles. The van der Waals surface area contributed by atoms with Crippen molar-refractivity contribution in [2.24, 2.45) is 7.05 Å². The van der Waals surface area contributed by atoms with Crippen LogP contribution in [-0.4, -0.2) is 37.5 Å². The Labute approximate surface area is 132 Å². The Morgan fingerprint density at radius 3 is 2.91 bits per heavy atom. The van der Waals surface area contributed by atoms with Gasteiger partial charge < -0.3 is 11.1 Å². The van der Waals surface area contributed by atoms with Crippen molar-refractivity contribution in [2.45, 2.75) is 18.8 Å². The van der Waals surface area contributed by atoms with E-state index in [1.807, 2.05) is 13.2 Å². The Morgan fingerprint density at radius 1 is 1.35 bits per heavy atom. The molecule has 3 N–H and O–H groups in total. The average molecular weight is 315 g/mol. The highest BCUT2D eigenvalue weighted by Crippen LogP contribution is 2.30. The predicted octanol–water partition coefficient (Wildman–Crippen LogP) is 1.32. The molecule has 1 aliphatic heterocycles. The lowest BCUT2D eigenvalue weighted by atomic mass is 9.95. The van der Waals surface area contributed by atoms with Crippen molar-refractivity contribution in [3.63, 3.8) is 0 Å². The van der Waals surface area contributed by atoms with E-state index < -0.39 is 5.82 Å². The number of hydrogen-bond donors (Lipinski definition) is 2. The van der Waals surface area contributed by atoms with Crippen molar-refractivity contribution < 1.29 is 4.39 Å².